The van der Waals surface area contributed by atoms with Crippen molar-refractivity contribution in [3.63, 3.8) is 0 Å². The standard InChI is InChI=1S/C35H22N4O.C29H27BN2O2.C12H7BrN2O/c1-4-10-32-27(7-1)28-8-2-5-11-33(28)39(32)26-17-13-23(14-18-26)29-19-15-24(21-36-29)25-16-20-31(37-22-25)35-38-30-9-3-6-12-34(30)40-35;1-28(2)29(3,4)34-30(33-28)21-15-18-25(31-19-21)20-13-16-22(17-14-20)32-26-11-7-5-9-23(26)24-10-6-8-12-27(24)32;13-8-5-6-10(14-7-8)12-15-9-3-1-2-4-11(9)16-12/h1-22H;5-19H,1-4H3;1-7H. The summed E-state index contributed by atoms with van der Waals surface area (Å²) < 4.78 is 29.4. The topological polar surface area (TPSA) is 132 Å². The Morgan fingerprint density at radius 2 is 0.700 bits per heavy atom. The van der Waals surface area contributed by atoms with E-state index in [1.165, 1.54) is 43.6 Å². The average Bonchev–Trinajstić information content (AvgIpc) is 1.81. The van der Waals surface area contributed by atoms with Gasteiger partial charge in [-0.25, -0.2) is 9.97 Å². The Bertz CT molecular complexity index is 5070. The van der Waals surface area contributed by atoms with Crippen molar-refractivity contribution < 1.29 is 18.1 Å². The maximum atomic E-state index is 6.16. The summed E-state index contributed by atoms with van der Waals surface area (Å²) in [6.07, 6.45) is 7.32. The number of para-hydroxylation sites is 8. The van der Waals surface area contributed by atoms with Gasteiger partial charge in [0.25, 0.3) is 0 Å². The first-order valence-electron chi connectivity index (χ1n) is 29.7. The van der Waals surface area contributed by atoms with E-state index in [1.807, 2.05) is 104 Å². The summed E-state index contributed by atoms with van der Waals surface area (Å²) >= 11 is 3.34. The van der Waals surface area contributed by atoms with Gasteiger partial charge in [0.2, 0.25) is 11.8 Å². The summed E-state index contributed by atoms with van der Waals surface area (Å²) in [6, 6.07) is 82.8. The largest absolute Gasteiger partial charge is 0.496 e. The van der Waals surface area contributed by atoms with Crippen LogP contribution in [0, 0.1) is 0 Å². The van der Waals surface area contributed by atoms with Crippen LogP contribution in [0.4, 0.5) is 0 Å². The van der Waals surface area contributed by atoms with E-state index in [0.29, 0.717) is 17.5 Å². The zero-order chi connectivity index (χ0) is 60.9. The smallest absolute Gasteiger partial charge is 0.435 e. The first-order valence-corrected chi connectivity index (χ1v) is 30.5. The fraction of sp³-hybridized carbons (Fsp3) is 0.0789. The van der Waals surface area contributed by atoms with Crippen LogP contribution in [0.25, 0.3) is 134 Å². The second-order valence-electron chi connectivity index (χ2n) is 23.1. The van der Waals surface area contributed by atoms with Crippen LogP contribution < -0.4 is 5.46 Å². The lowest BCUT2D eigenvalue weighted by Gasteiger charge is -2.32. The van der Waals surface area contributed by atoms with Crippen LogP contribution in [-0.2, 0) is 9.31 Å². The van der Waals surface area contributed by atoms with Gasteiger partial charge in [0, 0.05) is 89.9 Å². The highest BCUT2D eigenvalue weighted by molar-refractivity contribution is 9.10. The predicted octanol–water partition coefficient (Wildman–Crippen LogP) is 18.5. The van der Waals surface area contributed by atoms with Crippen LogP contribution in [0.3, 0.4) is 0 Å². The van der Waals surface area contributed by atoms with E-state index in [9.17, 15) is 0 Å². The van der Waals surface area contributed by atoms with Gasteiger partial charge >= 0.3 is 7.12 Å². The monoisotopic (exact) mass is 1230 g/mol. The molecule has 90 heavy (non-hydrogen) atoms. The molecule has 9 heterocycles. The number of oxazole rings is 2. The molecule has 14 heteroatoms. The minimum Gasteiger partial charge on any atom is -0.435 e. The van der Waals surface area contributed by atoms with Gasteiger partial charge in [-0.2, -0.15) is 0 Å². The maximum Gasteiger partial charge on any atom is 0.496 e. The minimum absolute atomic E-state index is 0.362. The fourth-order valence-electron chi connectivity index (χ4n) is 11.6. The summed E-state index contributed by atoms with van der Waals surface area (Å²) in [7, 11) is -0.399. The lowest BCUT2D eigenvalue weighted by atomic mass is 9.80. The van der Waals surface area contributed by atoms with Gasteiger partial charge in [0.05, 0.1) is 44.7 Å². The average molecular weight is 1240 g/mol. The summed E-state index contributed by atoms with van der Waals surface area (Å²) in [5.41, 5.74) is 17.9. The van der Waals surface area contributed by atoms with E-state index in [2.05, 4.69) is 230 Å². The van der Waals surface area contributed by atoms with Crippen molar-refractivity contribution in [3.8, 4) is 68.2 Å². The van der Waals surface area contributed by atoms with Gasteiger partial charge in [-0.05, 0) is 147 Å². The van der Waals surface area contributed by atoms with Crippen molar-refractivity contribution in [1.82, 2.24) is 39.0 Å². The van der Waals surface area contributed by atoms with E-state index >= 15 is 0 Å². The Balaban J connectivity index is 0.000000122. The molecule has 0 atom stereocenters. The van der Waals surface area contributed by atoms with Crippen LogP contribution in [0.15, 0.2) is 281 Å². The van der Waals surface area contributed by atoms with Crippen LogP contribution in [0.1, 0.15) is 27.7 Å². The number of fused-ring (bicyclic) bond motifs is 8. The maximum absolute atomic E-state index is 6.16. The normalized spacial score (nSPS) is 13.5. The van der Waals surface area contributed by atoms with Crippen LogP contribution >= 0.6 is 15.9 Å². The van der Waals surface area contributed by atoms with Gasteiger partial charge in [-0.15, -0.1) is 0 Å². The van der Waals surface area contributed by atoms with Gasteiger partial charge < -0.3 is 27.3 Å². The first kappa shape index (κ1) is 55.9. The molecule has 0 saturated carbocycles. The van der Waals surface area contributed by atoms with Crippen molar-refractivity contribution in [3.05, 3.63) is 272 Å². The van der Waals surface area contributed by atoms with E-state index in [1.54, 1.807) is 6.20 Å². The molecule has 434 valence electrons. The van der Waals surface area contributed by atoms with Gasteiger partial charge in [-0.1, -0.05) is 140 Å². The molecule has 0 aliphatic carbocycles. The summed E-state index contributed by atoms with van der Waals surface area (Å²) in [5.74, 6) is 1.07. The zero-order valence-corrected chi connectivity index (χ0v) is 51.2. The third-order valence-electron chi connectivity index (χ3n) is 16.9. The molecule has 0 spiro atoms. The Morgan fingerprint density at radius 3 is 1.08 bits per heavy atom. The molecule has 0 amide bonds. The number of aromatic nitrogens is 8. The molecule has 16 aromatic rings. The SMILES string of the molecule is Brc1ccc(-c2nc3ccccc3o2)nc1.CC1(C)OB(c2ccc(-c3ccc(-n4c5ccccc5c5ccccc54)cc3)nc2)OC1(C)C.c1ccc2oc(-c3ccc(-c4ccc(-c5ccc(-n6c7ccccc7c7ccccc76)cc5)nc4)cn3)nc2c1. The third kappa shape index (κ3) is 10.6. The predicted molar refractivity (Wildman–Crippen MR) is 365 cm³/mol. The second-order valence-corrected chi connectivity index (χ2v) is 24.0. The van der Waals surface area contributed by atoms with Crippen molar-refractivity contribution >= 4 is 94.3 Å². The van der Waals surface area contributed by atoms with E-state index in [0.717, 1.165) is 82.8 Å². The lowest BCUT2D eigenvalue weighted by molar-refractivity contribution is 0.00578. The molecular formula is C76H56BBrN8O4. The number of nitrogens with zero attached hydrogens (tertiary/aromatic N) is 8. The lowest BCUT2D eigenvalue weighted by Crippen LogP contribution is -2.41. The number of hydrogen-bond acceptors (Lipinski definition) is 10. The molecule has 0 bridgehead atoms. The minimum atomic E-state index is -0.399. The molecule has 1 fully saturated rings. The summed E-state index contributed by atoms with van der Waals surface area (Å²) in [4.78, 5) is 27.2. The molecule has 1 saturated heterocycles. The Labute approximate surface area is 527 Å². The van der Waals surface area contributed by atoms with Crippen molar-refractivity contribution in [1.29, 1.82) is 0 Å². The van der Waals surface area contributed by atoms with E-state index in [4.69, 9.17) is 28.1 Å². The van der Waals surface area contributed by atoms with Gasteiger partial charge in [0.15, 0.2) is 11.2 Å². The van der Waals surface area contributed by atoms with Crippen LogP contribution in [0.2, 0.25) is 0 Å². The summed E-state index contributed by atoms with van der Waals surface area (Å²) in [5, 5.41) is 5.05. The molecule has 12 nitrogen and oxygen atoms in total. The molecule has 0 unspecified atom stereocenters. The van der Waals surface area contributed by atoms with Crippen LogP contribution in [0.5, 0.6) is 0 Å². The van der Waals surface area contributed by atoms with Crippen molar-refractivity contribution in [2.45, 2.75) is 38.9 Å². The molecule has 17 rings (SSSR count). The van der Waals surface area contributed by atoms with E-state index < -0.39 is 7.12 Å². The highest BCUT2D eigenvalue weighted by Crippen LogP contribution is 2.38. The highest BCUT2D eigenvalue weighted by Gasteiger charge is 2.51. The van der Waals surface area contributed by atoms with Crippen LogP contribution in [-0.4, -0.2) is 57.4 Å². The number of hydrogen-bond donors (Lipinski definition) is 0. The molecule has 1 aliphatic rings. The molecule has 8 aromatic heterocycles. The number of halogens is 1. The highest BCUT2D eigenvalue weighted by atomic mass is 79.9. The first-order chi connectivity index (χ1) is 44.0. The van der Waals surface area contributed by atoms with Gasteiger partial charge in [0.1, 0.15) is 22.4 Å². The number of pyridine rings is 4. The van der Waals surface area contributed by atoms with Crippen molar-refractivity contribution in [2.24, 2.45) is 0 Å². The molecule has 8 aromatic carbocycles. The molecule has 0 N–H and O–H groups in total. The molecule has 0 radical (unpaired) electrons. The number of rotatable bonds is 8. The second kappa shape index (κ2) is 23.1. The Morgan fingerprint density at radius 1 is 0.344 bits per heavy atom. The molecule has 1 aliphatic heterocycles. The summed E-state index contributed by atoms with van der Waals surface area (Å²) in [6.45, 7) is 8.25. The van der Waals surface area contributed by atoms with Crippen molar-refractivity contribution in [2.75, 3.05) is 0 Å². The van der Waals surface area contributed by atoms with E-state index in [-0.39, 0.29) is 11.2 Å². The zero-order valence-electron chi connectivity index (χ0n) is 49.6. The number of benzene rings is 8. The van der Waals surface area contributed by atoms with Gasteiger partial charge in [-0.3, -0.25) is 19.9 Å². The molecular weight excluding hydrogens is 1180 g/mol. The quantitative estimate of drug-likeness (QED) is 0.135. The third-order valence-corrected chi connectivity index (χ3v) is 17.4. The fourth-order valence-corrected chi connectivity index (χ4v) is 11.8. The Kier molecular flexibility index (Phi) is 14.4. The Hall–Kier alpha value is -10.6.